The molecule has 3 N–H and O–H groups in total. The zero-order chi connectivity index (χ0) is 25.8. The summed E-state index contributed by atoms with van der Waals surface area (Å²) in [5.41, 5.74) is 3.42. The van der Waals surface area contributed by atoms with Gasteiger partial charge in [-0.25, -0.2) is 0 Å². The van der Waals surface area contributed by atoms with Crippen LogP contribution in [0.15, 0.2) is 66.7 Å². The molecule has 0 amide bonds. The first-order valence-corrected chi connectivity index (χ1v) is 12.9. The Kier molecular flexibility index (Phi) is 11.6. The smallest absolute Gasteiger partial charge is 0.308 e. The molecule has 0 aliphatic heterocycles. The van der Waals surface area contributed by atoms with Crippen LogP contribution in [-0.2, 0) is 29.2 Å². The van der Waals surface area contributed by atoms with E-state index in [4.69, 9.17) is 14.2 Å². The van der Waals surface area contributed by atoms with Gasteiger partial charge in [-0.3, -0.25) is 4.79 Å². The molecule has 0 bridgehead atoms. The van der Waals surface area contributed by atoms with Crippen molar-refractivity contribution < 1.29 is 29.2 Å². The maximum absolute atomic E-state index is 11.2. The van der Waals surface area contributed by atoms with Crippen LogP contribution in [0.2, 0.25) is 0 Å². The molecule has 0 spiro atoms. The highest BCUT2D eigenvalue weighted by molar-refractivity contribution is 14.1. The molecule has 1 atom stereocenters. The summed E-state index contributed by atoms with van der Waals surface area (Å²) < 4.78 is 17.7. The summed E-state index contributed by atoms with van der Waals surface area (Å²) in [5.74, 6) is 0.648. The van der Waals surface area contributed by atoms with E-state index in [1.54, 1.807) is 18.2 Å². The van der Waals surface area contributed by atoms with Gasteiger partial charge in [-0.15, -0.1) is 0 Å². The van der Waals surface area contributed by atoms with Crippen molar-refractivity contribution in [1.82, 2.24) is 5.32 Å². The molecule has 3 rings (SSSR count). The third-order valence-corrected chi connectivity index (χ3v) is 6.07. The third-order valence-electron chi connectivity index (χ3n) is 5.40. The van der Waals surface area contributed by atoms with Crippen LogP contribution >= 0.6 is 22.6 Å². The standard InChI is InChI=1S/C28H32INO6/c1-20(32)36-28-10-7-23(16-24(28)18-31)27(33)17-30-12-11-21-5-8-26(9-6-21)35-14-13-34-19-22-3-2-4-25(29)15-22/h2-10,15-16,27,30-31,33H,11-14,17-19H2,1H3/t27-/m0/s1. The van der Waals surface area contributed by atoms with Crippen LogP contribution in [0, 0.1) is 3.57 Å². The van der Waals surface area contributed by atoms with Crippen LogP contribution in [0.1, 0.15) is 35.3 Å². The fourth-order valence-corrected chi connectivity index (χ4v) is 4.17. The Morgan fingerprint density at radius 1 is 1.03 bits per heavy atom. The lowest BCUT2D eigenvalue weighted by molar-refractivity contribution is -0.131. The molecular weight excluding hydrogens is 573 g/mol. The molecule has 36 heavy (non-hydrogen) atoms. The van der Waals surface area contributed by atoms with E-state index < -0.39 is 12.1 Å². The van der Waals surface area contributed by atoms with Crippen LogP contribution in [0.3, 0.4) is 0 Å². The number of benzene rings is 3. The lowest BCUT2D eigenvalue weighted by Crippen LogP contribution is -2.24. The zero-order valence-corrected chi connectivity index (χ0v) is 22.4. The van der Waals surface area contributed by atoms with Crippen molar-refractivity contribution in [1.29, 1.82) is 0 Å². The molecule has 0 aliphatic rings. The van der Waals surface area contributed by atoms with Gasteiger partial charge in [0.05, 0.1) is 25.9 Å². The monoisotopic (exact) mass is 605 g/mol. The lowest BCUT2D eigenvalue weighted by Gasteiger charge is -2.15. The summed E-state index contributed by atoms with van der Waals surface area (Å²) in [6, 6.07) is 21.1. The molecule has 0 aliphatic carbocycles. The number of carbonyl (C=O) groups is 1. The molecule has 0 fully saturated rings. The van der Waals surface area contributed by atoms with Crippen LogP contribution in [-0.4, -0.2) is 42.5 Å². The van der Waals surface area contributed by atoms with Gasteiger partial charge in [0.1, 0.15) is 18.1 Å². The minimum absolute atomic E-state index is 0.281. The van der Waals surface area contributed by atoms with E-state index >= 15 is 0 Å². The number of halogens is 1. The van der Waals surface area contributed by atoms with Gasteiger partial charge in [0, 0.05) is 22.6 Å². The number of ether oxygens (including phenoxy) is 3. The Hall–Kier alpha value is -2.50. The van der Waals surface area contributed by atoms with Gasteiger partial charge < -0.3 is 29.7 Å². The highest BCUT2D eigenvalue weighted by Crippen LogP contribution is 2.24. The Morgan fingerprint density at radius 2 is 1.83 bits per heavy atom. The number of carbonyl (C=O) groups excluding carboxylic acids is 1. The molecule has 0 saturated heterocycles. The van der Waals surface area contributed by atoms with Gasteiger partial charge in [0.15, 0.2) is 0 Å². The van der Waals surface area contributed by atoms with Gasteiger partial charge in [-0.1, -0.05) is 30.3 Å². The minimum atomic E-state index is -0.745. The molecule has 8 heteroatoms. The van der Waals surface area contributed by atoms with Crippen molar-refractivity contribution in [3.05, 3.63) is 92.6 Å². The highest BCUT2D eigenvalue weighted by atomic mass is 127. The van der Waals surface area contributed by atoms with E-state index in [0.29, 0.717) is 49.8 Å². The van der Waals surface area contributed by atoms with Crippen LogP contribution in [0.4, 0.5) is 0 Å². The van der Waals surface area contributed by atoms with Gasteiger partial charge in [0.25, 0.3) is 0 Å². The number of hydrogen-bond donors (Lipinski definition) is 3. The van der Waals surface area contributed by atoms with E-state index in [1.807, 2.05) is 30.3 Å². The normalized spacial score (nSPS) is 11.8. The maximum Gasteiger partial charge on any atom is 0.308 e. The van der Waals surface area contributed by atoms with Crippen LogP contribution in [0.25, 0.3) is 0 Å². The van der Waals surface area contributed by atoms with Crippen molar-refractivity contribution in [3.8, 4) is 11.5 Å². The average molecular weight is 605 g/mol. The number of esters is 1. The molecule has 7 nitrogen and oxygen atoms in total. The molecule has 0 radical (unpaired) electrons. The number of aliphatic hydroxyl groups is 2. The topological polar surface area (TPSA) is 97.3 Å². The average Bonchev–Trinajstić information content (AvgIpc) is 2.87. The van der Waals surface area contributed by atoms with Crippen molar-refractivity contribution in [2.24, 2.45) is 0 Å². The second-order valence-electron chi connectivity index (χ2n) is 8.26. The Bertz CT molecular complexity index is 1110. The quantitative estimate of drug-likeness (QED) is 0.110. The first-order chi connectivity index (χ1) is 17.4. The molecular formula is C28H32INO6. The molecule has 0 unspecified atom stereocenters. The Morgan fingerprint density at radius 3 is 2.56 bits per heavy atom. The largest absolute Gasteiger partial charge is 0.491 e. The number of aliphatic hydroxyl groups excluding tert-OH is 2. The second-order valence-corrected chi connectivity index (χ2v) is 9.51. The van der Waals surface area contributed by atoms with Gasteiger partial charge in [-0.05, 0) is 88.6 Å². The van der Waals surface area contributed by atoms with E-state index in [2.05, 4.69) is 46.1 Å². The Balaban J connectivity index is 1.33. The van der Waals surface area contributed by atoms with Crippen molar-refractivity contribution in [2.75, 3.05) is 26.3 Å². The second kappa shape index (κ2) is 14.9. The maximum atomic E-state index is 11.2. The first kappa shape index (κ1) is 28.1. The van der Waals surface area contributed by atoms with E-state index in [9.17, 15) is 15.0 Å². The summed E-state index contributed by atoms with van der Waals surface area (Å²) >= 11 is 2.29. The predicted octanol–water partition coefficient (Wildman–Crippen LogP) is 4.17. The highest BCUT2D eigenvalue weighted by Gasteiger charge is 2.12. The summed E-state index contributed by atoms with van der Waals surface area (Å²) in [6.45, 7) is 3.66. The summed E-state index contributed by atoms with van der Waals surface area (Å²) in [4.78, 5) is 11.2. The first-order valence-electron chi connectivity index (χ1n) is 11.8. The fraction of sp³-hybridized carbons (Fsp3) is 0.321. The summed E-state index contributed by atoms with van der Waals surface area (Å²) in [5, 5.41) is 23.2. The van der Waals surface area contributed by atoms with E-state index in [-0.39, 0.29) is 6.61 Å². The lowest BCUT2D eigenvalue weighted by atomic mass is 10.0. The summed E-state index contributed by atoms with van der Waals surface area (Å²) in [6.07, 6.45) is 0.0596. The van der Waals surface area contributed by atoms with Gasteiger partial charge >= 0.3 is 5.97 Å². The number of rotatable bonds is 14. The van der Waals surface area contributed by atoms with Crippen LogP contribution in [0.5, 0.6) is 11.5 Å². The minimum Gasteiger partial charge on any atom is -0.491 e. The fourth-order valence-electron chi connectivity index (χ4n) is 3.56. The van der Waals surface area contributed by atoms with E-state index in [0.717, 1.165) is 23.3 Å². The zero-order valence-electron chi connectivity index (χ0n) is 20.3. The van der Waals surface area contributed by atoms with E-state index in [1.165, 1.54) is 10.5 Å². The number of hydrogen-bond acceptors (Lipinski definition) is 7. The van der Waals surface area contributed by atoms with Crippen molar-refractivity contribution in [3.63, 3.8) is 0 Å². The van der Waals surface area contributed by atoms with Crippen molar-refractivity contribution >= 4 is 28.6 Å². The van der Waals surface area contributed by atoms with Gasteiger partial charge in [-0.2, -0.15) is 0 Å². The molecule has 0 saturated carbocycles. The third kappa shape index (κ3) is 9.51. The molecule has 0 heterocycles. The molecule has 0 aromatic heterocycles. The molecule has 3 aromatic carbocycles. The van der Waals surface area contributed by atoms with Crippen molar-refractivity contribution in [2.45, 2.75) is 32.7 Å². The molecule has 192 valence electrons. The SMILES string of the molecule is CC(=O)Oc1ccc([C@@H](O)CNCCc2ccc(OCCOCc3cccc(I)c3)cc2)cc1CO. The Labute approximate surface area is 225 Å². The molecule has 3 aromatic rings. The number of nitrogens with one attached hydrogen (secondary N) is 1. The van der Waals surface area contributed by atoms with Gasteiger partial charge in [0.2, 0.25) is 0 Å². The van der Waals surface area contributed by atoms with Crippen LogP contribution < -0.4 is 14.8 Å². The summed E-state index contributed by atoms with van der Waals surface area (Å²) in [7, 11) is 0. The predicted molar refractivity (Wildman–Crippen MR) is 146 cm³/mol.